The summed E-state index contributed by atoms with van der Waals surface area (Å²) in [7, 11) is 0. The molecule has 2 aromatic heterocycles. The topological polar surface area (TPSA) is 79.3 Å². The lowest BCUT2D eigenvalue weighted by Gasteiger charge is -2.11. The van der Waals surface area contributed by atoms with Gasteiger partial charge in [-0.15, -0.1) is 23.1 Å². The van der Waals surface area contributed by atoms with Gasteiger partial charge in [0.25, 0.3) is 5.91 Å². The first kappa shape index (κ1) is 25.2. The highest BCUT2D eigenvalue weighted by atomic mass is 32.2. The van der Waals surface area contributed by atoms with E-state index in [2.05, 4.69) is 10.3 Å². The largest absolute Gasteiger partial charge is 0.481 e. The lowest BCUT2D eigenvalue weighted by atomic mass is 10.3. The van der Waals surface area contributed by atoms with Crippen molar-refractivity contribution in [3.8, 4) is 0 Å². The number of hydrogen-bond donors (Lipinski definition) is 2. The van der Waals surface area contributed by atoms with E-state index in [1.807, 2.05) is 0 Å². The van der Waals surface area contributed by atoms with Crippen LogP contribution in [0.3, 0.4) is 0 Å². The summed E-state index contributed by atoms with van der Waals surface area (Å²) in [6, 6.07) is 18.9. The Bertz CT molecular complexity index is 1350. The molecule has 4 rings (SSSR count). The predicted molar refractivity (Wildman–Crippen MR) is 136 cm³/mol. The summed E-state index contributed by atoms with van der Waals surface area (Å²) in [6.07, 6.45) is 0. The van der Waals surface area contributed by atoms with Crippen LogP contribution in [0.15, 0.2) is 96.7 Å². The number of halogens is 2. The van der Waals surface area contributed by atoms with Crippen molar-refractivity contribution in [2.75, 3.05) is 11.1 Å². The number of rotatable bonds is 9. The first-order chi connectivity index (χ1) is 16.9. The number of aliphatic carboxylic acids is 1. The molecular formula is C24H16F2N2O3S4. The SMILES string of the molecule is O=C(O)CSc1ccc(NC(=O)c2nc(Sc3ccc(F)cc3)ccc2Sc2ccc(F)cc2)s1. The van der Waals surface area contributed by atoms with Crippen LogP contribution in [0.4, 0.5) is 13.8 Å². The van der Waals surface area contributed by atoms with E-state index in [0.717, 1.165) is 14.0 Å². The molecule has 0 aliphatic heterocycles. The average Bonchev–Trinajstić information content (AvgIpc) is 3.29. The number of anilines is 1. The molecule has 35 heavy (non-hydrogen) atoms. The minimum absolute atomic E-state index is 0.0728. The van der Waals surface area contributed by atoms with Crippen LogP contribution in [0.5, 0.6) is 0 Å². The van der Waals surface area contributed by atoms with E-state index >= 15 is 0 Å². The molecule has 0 spiro atoms. The average molecular weight is 547 g/mol. The van der Waals surface area contributed by atoms with E-state index in [1.54, 1.807) is 48.5 Å². The number of hydrogen-bond acceptors (Lipinski definition) is 7. The smallest absolute Gasteiger partial charge is 0.313 e. The van der Waals surface area contributed by atoms with E-state index in [-0.39, 0.29) is 23.1 Å². The molecule has 2 aromatic carbocycles. The van der Waals surface area contributed by atoms with Gasteiger partial charge in [0, 0.05) is 14.7 Å². The number of thiophene rings is 1. The first-order valence-corrected chi connectivity index (χ1v) is 13.4. The molecule has 0 fully saturated rings. The number of pyridine rings is 1. The van der Waals surface area contributed by atoms with Gasteiger partial charge in [0.1, 0.15) is 22.4 Å². The molecule has 0 aliphatic rings. The maximum Gasteiger partial charge on any atom is 0.313 e. The second-order valence-electron chi connectivity index (χ2n) is 6.86. The van der Waals surface area contributed by atoms with Crippen molar-refractivity contribution in [2.45, 2.75) is 23.9 Å². The molecule has 0 saturated heterocycles. The fourth-order valence-corrected chi connectivity index (χ4v) is 6.18. The van der Waals surface area contributed by atoms with Gasteiger partial charge < -0.3 is 10.4 Å². The third-order valence-electron chi connectivity index (χ3n) is 4.28. The van der Waals surface area contributed by atoms with Crippen LogP contribution >= 0.6 is 46.6 Å². The number of thioether (sulfide) groups is 1. The van der Waals surface area contributed by atoms with Crippen LogP contribution in [0.2, 0.25) is 0 Å². The quantitative estimate of drug-likeness (QED) is 0.216. The Hall–Kier alpha value is -2.86. The zero-order chi connectivity index (χ0) is 24.8. The van der Waals surface area contributed by atoms with E-state index in [9.17, 15) is 18.4 Å². The second-order valence-corrected chi connectivity index (χ2v) is 11.4. The molecule has 11 heteroatoms. The van der Waals surface area contributed by atoms with Gasteiger partial charge in [0.05, 0.1) is 15.0 Å². The highest BCUT2D eigenvalue weighted by molar-refractivity contribution is 8.01. The Kier molecular flexibility index (Phi) is 8.45. The van der Waals surface area contributed by atoms with Crippen LogP contribution in [-0.2, 0) is 4.79 Å². The first-order valence-electron chi connectivity index (χ1n) is 9.99. The zero-order valence-corrected chi connectivity index (χ0v) is 21.0. The molecule has 0 bridgehead atoms. The molecule has 0 aliphatic carbocycles. The molecule has 5 nitrogen and oxygen atoms in total. The minimum Gasteiger partial charge on any atom is -0.481 e. The maximum atomic E-state index is 13.3. The molecule has 0 saturated carbocycles. The number of amides is 1. The number of carbonyl (C=O) groups is 2. The van der Waals surface area contributed by atoms with Crippen LogP contribution in [-0.4, -0.2) is 27.7 Å². The fourth-order valence-electron chi connectivity index (χ4n) is 2.75. The van der Waals surface area contributed by atoms with Crippen molar-refractivity contribution in [1.82, 2.24) is 4.98 Å². The molecule has 0 atom stereocenters. The molecule has 178 valence electrons. The summed E-state index contributed by atoms with van der Waals surface area (Å²) >= 11 is 5.01. The third-order valence-corrected chi connectivity index (χ3v) is 8.49. The van der Waals surface area contributed by atoms with Crippen molar-refractivity contribution in [2.24, 2.45) is 0 Å². The molecule has 2 N–H and O–H groups in total. The number of benzene rings is 2. The number of carbonyl (C=O) groups excluding carboxylic acids is 1. The molecule has 0 radical (unpaired) electrons. The summed E-state index contributed by atoms with van der Waals surface area (Å²) in [5.41, 5.74) is 0.180. The zero-order valence-electron chi connectivity index (χ0n) is 17.7. The number of aromatic nitrogens is 1. The van der Waals surface area contributed by atoms with Crippen molar-refractivity contribution < 1.29 is 23.5 Å². The highest BCUT2D eigenvalue weighted by Crippen LogP contribution is 2.35. The van der Waals surface area contributed by atoms with E-state index in [1.165, 1.54) is 70.9 Å². The van der Waals surface area contributed by atoms with Crippen molar-refractivity contribution in [1.29, 1.82) is 0 Å². The molecule has 1 amide bonds. The molecule has 0 unspecified atom stereocenters. The lowest BCUT2D eigenvalue weighted by Crippen LogP contribution is -2.14. The van der Waals surface area contributed by atoms with Crippen molar-refractivity contribution >= 4 is 63.5 Å². The Balaban J connectivity index is 1.58. The predicted octanol–water partition coefficient (Wildman–Crippen LogP) is 7.15. The Morgan fingerprint density at radius 3 is 2.11 bits per heavy atom. The summed E-state index contributed by atoms with van der Waals surface area (Å²) in [5.74, 6) is -2.13. The summed E-state index contributed by atoms with van der Waals surface area (Å²) in [4.78, 5) is 30.6. The molecular weight excluding hydrogens is 531 g/mol. The van der Waals surface area contributed by atoms with E-state index in [4.69, 9.17) is 5.11 Å². The highest BCUT2D eigenvalue weighted by Gasteiger charge is 2.18. The van der Waals surface area contributed by atoms with Crippen LogP contribution in [0, 0.1) is 11.6 Å². The normalized spacial score (nSPS) is 10.8. The van der Waals surface area contributed by atoms with E-state index < -0.39 is 11.9 Å². The fraction of sp³-hybridized carbons (Fsp3) is 0.0417. The Morgan fingerprint density at radius 1 is 0.857 bits per heavy atom. The van der Waals surface area contributed by atoms with Gasteiger partial charge in [-0.2, -0.15) is 0 Å². The van der Waals surface area contributed by atoms with E-state index in [0.29, 0.717) is 14.9 Å². The lowest BCUT2D eigenvalue weighted by molar-refractivity contribution is -0.133. The van der Waals surface area contributed by atoms with Crippen molar-refractivity contribution in [3.63, 3.8) is 0 Å². The summed E-state index contributed by atoms with van der Waals surface area (Å²) in [6.45, 7) is 0. The maximum absolute atomic E-state index is 13.3. The monoisotopic (exact) mass is 546 g/mol. The minimum atomic E-state index is -0.920. The number of nitrogens with zero attached hydrogens (tertiary/aromatic N) is 1. The van der Waals surface area contributed by atoms with Gasteiger partial charge in [-0.1, -0.05) is 23.5 Å². The number of carboxylic acids is 1. The van der Waals surface area contributed by atoms with Gasteiger partial charge >= 0.3 is 5.97 Å². The number of nitrogens with one attached hydrogen (secondary N) is 1. The summed E-state index contributed by atoms with van der Waals surface area (Å²) in [5, 5.41) is 12.8. The standard InChI is InChI=1S/C24H16F2N2O3S4/c25-14-1-5-16(6-2-14)33-18-9-10-19(34-17-7-3-15(26)4-8-17)27-23(18)24(31)28-20-11-12-22(35-20)32-13-21(29)30/h1-12H,13H2,(H,28,31)(H,29,30). The van der Waals surface area contributed by atoms with Gasteiger partial charge in [0.15, 0.2) is 0 Å². The third kappa shape index (κ3) is 7.31. The Morgan fingerprint density at radius 2 is 1.49 bits per heavy atom. The molecule has 4 aromatic rings. The van der Waals surface area contributed by atoms with Crippen molar-refractivity contribution in [3.05, 3.63) is 90.1 Å². The van der Waals surface area contributed by atoms with Gasteiger partial charge in [0.2, 0.25) is 0 Å². The van der Waals surface area contributed by atoms with Crippen LogP contribution < -0.4 is 5.32 Å². The van der Waals surface area contributed by atoms with Crippen LogP contribution in [0.25, 0.3) is 0 Å². The van der Waals surface area contributed by atoms with Gasteiger partial charge in [-0.05, 0) is 72.8 Å². The number of carboxylic acid groups (broad SMARTS) is 1. The Labute approximate surface area is 216 Å². The molecule has 2 heterocycles. The second kappa shape index (κ2) is 11.7. The van der Waals surface area contributed by atoms with Gasteiger partial charge in [-0.25, -0.2) is 13.8 Å². The van der Waals surface area contributed by atoms with Crippen LogP contribution in [0.1, 0.15) is 10.5 Å². The summed E-state index contributed by atoms with van der Waals surface area (Å²) < 4.78 is 27.3. The van der Waals surface area contributed by atoms with Gasteiger partial charge in [-0.3, -0.25) is 9.59 Å².